The van der Waals surface area contributed by atoms with Crippen LogP contribution in [0.3, 0.4) is 0 Å². The van der Waals surface area contributed by atoms with Gasteiger partial charge in [0, 0.05) is 12.6 Å². The average Bonchev–Trinajstić information content (AvgIpc) is 2.81. The zero-order chi connectivity index (χ0) is 11.2. The Kier molecular flexibility index (Phi) is 4.57. The van der Waals surface area contributed by atoms with E-state index >= 15 is 0 Å². The smallest absolute Gasteiger partial charge is 0.0689 e. The number of hydrogen-bond acceptors (Lipinski definition) is 3. The van der Waals surface area contributed by atoms with Crippen LogP contribution in [-0.4, -0.2) is 25.8 Å². The van der Waals surface area contributed by atoms with Crippen LogP contribution in [0.15, 0.2) is 28.5 Å². The van der Waals surface area contributed by atoms with E-state index in [9.17, 15) is 0 Å². The molecule has 0 saturated carbocycles. The van der Waals surface area contributed by atoms with Crippen LogP contribution in [0, 0.1) is 0 Å². The van der Waals surface area contributed by atoms with Crippen LogP contribution in [0.2, 0.25) is 0 Å². The Bertz CT molecular complexity index is 332. The summed E-state index contributed by atoms with van der Waals surface area (Å²) < 4.78 is 5.41. The highest BCUT2D eigenvalue weighted by atomic mass is 32.1. The van der Waals surface area contributed by atoms with E-state index in [1.165, 1.54) is 11.1 Å². The Hall–Kier alpha value is -0.640. The lowest BCUT2D eigenvalue weighted by molar-refractivity contribution is 0.148. The Morgan fingerprint density at radius 3 is 3.19 bits per heavy atom. The maximum Gasteiger partial charge on any atom is 0.0689 e. The molecule has 0 aromatic carbocycles. The topological polar surface area (TPSA) is 21.3 Å². The fraction of sp³-hybridized carbons (Fsp3) is 0.538. The Labute approximate surface area is 101 Å². The first kappa shape index (κ1) is 11.8. The molecule has 1 atom stereocenters. The van der Waals surface area contributed by atoms with Gasteiger partial charge >= 0.3 is 0 Å². The second-order valence-corrected chi connectivity index (χ2v) is 5.10. The average molecular weight is 237 g/mol. The zero-order valence-electron chi connectivity index (χ0n) is 9.74. The molecule has 0 bridgehead atoms. The zero-order valence-corrected chi connectivity index (χ0v) is 10.6. The minimum absolute atomic E-state index is 0.525. The molecule has 88 valence electrons. The fourth-order valence-corrected chi connectivity index (χ4v) is 2.55. The predicted molar refractivity (Wildman–Crippen MR) is 69.0 cm³/mol. The maximum absolute atomic E-state index is 5.41. The summed E-state index contributed by atoms with van der Waals surface area (Å²) in [6.45, 7) is 4.89. The lowest BCUT2D eigenvalue weighted by Gasteiger charge is -2.17. The molecule has 2 rings (SSSR count). The van der Waals surface area contributed by atoms with Gasteiger partial charge in [0.1, 0.15) is 0 Å². The first-order valence-corrected chi connectivity index (χ1v) is 6.79. The maximum atomic E-state index is 5.41. The van der Waals surface area contributed by atoms with Crippen molar-refractivity contribution in [1.29, 1.82) is 0 Å². The first-order valence-electron chi connectivity index (χ1n) is 5.84. The molecular weight excluding hydrogens is 218 g/mol. The van der Waals surface area contributed by atoms with Gasteiger partial charge in [-0.1, -0.05) is 6.08 Å². The Balaban J connectivity index is 1.71. The lowest BCUT2D eigenvalue weighted by atomic mass is 10.1. The summed E-state index contributed by atoms with van der Waals surface area (Å²) in [4.78, 5) is 0. The van der Waals surface area contributed by atoms with E-state index in [1.54, 1.807) is 11.3 Å². The molecule has 0 radical (unpaired) electrons. The lowest BCUT2D eigenvalue weighted by Crippen LogP contribution is -2.31. The molecule has 0 spiro atoms. The summed E-state index contributed by atoms with van der Waals surface area (Å²) in [5.41, 5.74) is 2.82. The van der Waals surface area contributed by atoms with Crippen LogP contribution in [0.25, 0.3) is 0 Å². The third kappa shape index (κ3) is 3.74. The van der Waals surface area contributed by atoms with Gasteiger partial charge in [0.25, 0.3) is 0 Å². The summed E-state index contributed by atoms with van der Waals surface area (Å²) in [6.07, 6.45) is 4.47. The van der Waals surface area contributed by atoms with Gasteiger partial charge in [0.2, 0.25) is 0 Å². The number of ether oxygens (including phenoxy) is 1. The number of hydrogen-bond donors (Lipinski definition) is 1. The molecule has 0 aliphatic carbocycles. The summed E-state index contributed by atoms with van der Waals surface area (Å²) in [6, 6.07) is 2.73. The normalized spacial score (nSPS) is 18.2. The van der Waals surface area contributed by atoms with Gasteiger partial charge in [0.05, 0.1) is 13.2 Å². The van der Waals surface area contributed by atoms with E-state index in [1.807, 2.05) is 0 Å². The van der Waals surface area contributed by atoms with Gasteiger partial charge in [-0.25, -0.2) is 0 Å². The van der Waals surface area contributed by atoms with Gasteiger partial charge in [-0.2, -0.15) is 11.3 Å². The van der Waals surface area contributed by atoms with E-state index in [2.05, 4.69) is 35.1 Å². The third-order valence-electron chi connectivity index (χ3n) is 2.78. The molecule has 1 N–H and O–H groups in total. The summed E-state index contributed by atoms with van der Waals surface area (Å²) in [5, 5.41) is 7.91. The molecule has 1 unspecified atom stereocenters. The summed E-state index contributed by atoms with van der Waals surface area (Å²) in [7, 11) is 0. The van der Waals surface area contributed by atoms with Crippen LogP contribution in [0.5, 0.6) is 0 Å². The molecule has 0 fully saturated rings. The summed E-state index contributed by atoms with van der Waals surface area (Å²) in [5.74, 6) is 0. The van der Waals surface area contributed by atoms with Crippen LogP contribution < -0.4 is 5.32 Å². The highest BCUT2D eigenvalue weighted by molar-refractivity contribution is 7.07. The molecular formula is C13H19NOS. The van der Waals surface area contributed by atoms with E-state index in [0.29, 0.717) is 6.04 Å². The number of nitrogens with one attached hydrogen (secondary N) is 1. The SMILES string of the molecule is CC(Cc1ccsc1)NCC1=CCCOC1. The van der Waals surface area contributed by atoms with Crippen molar-refractivity contribution in [2.75, 3.05) is 19.8 Å². The minimum Gasteiger partial charge on any atom is -0.377 e. The Morgan fingerprint density at radius 2 is 2.50 bits per heavy atom. The molecule has 0 saturated heterocycles. The Morgan fingerprint density at radius 1 is 1.56 bits per heavy atom. The largest absolute Gasteiger partial charge is 0.377 e. The van der Waals surface area contributed by atoms with Crippen molar-refractivity contribution in [3.05, 3.63) is 34.0 Å². The van der Waals surface area contributed by atoms with E-state index in [4.69, 9.17) is 4.74 Å². The van der Waals surface area contributed by atoms with Crippen LogP contribution in [0.4, 0.5) is 0 Å². The van der Waals surface area contributed by atoms with Crippen LogP contribution >= 0.6 is 11.3 Å². The molecule has 1 aliphatic rings. The van der Waals surface area contributed by atoms with Gasteiger partial charge in [-0.15, -0.1) is 0 Å². The standard InChI is InChI=1S/C13H19NOS/c1-11(7-12-4-6-16-10-12)14-8-13-3-2-5-15-9-13/h3-4,6,10-11,14H,2,5,7-9H2,1H3. The van der Waals surface area contributed by atoms with Gasteiger partial charge in [0.15, 0.2) is 0 Å². The molecule has 2 heterocycles. The quantitative estimate of drug-likeness (QED) is 0.795. The van der Waals surface area contributed by atoms with Gasteiger partial charge < -0.3 is 10.1 Å². The van der Waals surface area contributed by atoms with Crippen molar-refractivity contribution in [3.63, 3.8) is 0 Å². The predicted octanol–water partition coefficient (Wildman–Crippen LogP) is 2.62. The molecule has 16 heavy (non-hydrogen) atoms. The van der Waals surface area contributed by atoms with Crippen molar-refractivity contribution < 1.29 is 4.74 Å². The molecule has 1 aliphatic heterocycles. The molecule has 1 aromatic rings. The molecule has 1 aromatic heterocycles. The van der Waals surface area contributed by atoms with Crippen LogP contribution in [0.1, 0.15) is 18.9 Å². The van der Waals surface area contributed by atoms with Crippen molar-refractivity contribution in [1.82, 2.24) is 5.32 Å². The van der Waals surface area contributed by atoms with E-state index in [-0.39, 0.29) is 0 Å². The first-order chi connectivity index (χ1) is 7.84. The van der Waals surface area contributed by atoms with Crippen molar-refractivity contribution in [3.8, 4) is 0 Å². The second kappa shape index (κ2) is 6.18. The molecule has 3 heteroatoms. The van der Waals surface area contributed by atoms with Crippen molar-refractivity contribution >= 4 is 11.3 Å². The molecule has 2 nitrogen and oxygen atoms in total. The van der Waals surface area contributed by atoms with E-state index in [0.717, 1.165) is 32.6 Å². The number of rotatable bonds is 5. The minimum atomic E-state index is 0.525. The highest BCUT2D eigenvalue weighted by Gasteiger charge is 2.07. The summed E-state index contributed by atoms with van der Waals surface area (Å²) >= 11 is 1.77. The second-order valence-electron chi connectivity index (χ2n) is 4.32. The highest BCUT2D eigenvalue weighted by Crippen LogP contribution is 2.09. The molecule has 0 amide bonds. The fourth-order valence-electron chi connectivity index (χ4n) is 1.87. The third-order valence-corrected chi connectivity index (χ3v) is 3.51. The van der Waals surface area contributed by atoms with Crippen molar-refractivity contribution in [2.24, 2.45) is 0 Å². The monoisotopic (exact) mass is 237 g/mol. The van der Waals surface area contributed by atoms with Crippen molar-refractivity contribution in [2.45, 2.75) is 25.8 Å². The van der Waals surface area contributed by atoms with Gasteiger partial charge in [-0.05, 0) is 47.7 Å². The van der Waals surface area contributed by atoms with E-state index < -0.39 is 0 Å². The number of thiophene rings is 1. The van der Waals surface area contributed by atoms with Crippen LogP contribution in [-0.2, 0) is 11.2 Å². The van der Waals surface area contributed by atoms with Gasteiger partial charge in [-0.3, -0.25) is 0 Å².